The Balaban J connectivity index is 2.37. The predicted octanol–water partition coefficient (Wildman–Crippen LogP) is 0.110. The van der Waals surface area contributed by atoms with Crippen molar-refractivity contribution >= 4 is 29.3 Å². The number of amides is 1. The molecule has 0 aliphatic carbocycles. The zero-order valence-corrected chi connectivity index (χ0v) is 11.0. The quantitative estimate of drug-likeness (QED) is 0.583. The summed E-state index contributed by atoms with van der Waals surface area (Å²) in [6, 6.07) is -0.944. The maximum absolute atomic E-state index is 11.6. The van der Waals surface area contributed by atoms with E-state index in [1.54, 1.807) is 6.92 Å². The zero-order valence-electron chi connectivity index (χ0n) is 10.2. The number of nitrogens with one attached hydrogen (secondary N) is 2. The first-order valence-electron chi connectivity index (χ1n) is 5.29. The number of hydrogen-bond acceptors (Lipinski definition) is 5. The number of thioether (sulfide) groups is 1. The first-order valence-corrected chi connectivity index (χ1v) is 6.44. The molecular formula is C10H16N4O3S. The standard InChI is InChI=1S/C10H16N4O3S/c1-5-9(6(2)14-13-5)12-8(15)4-18-3-7(11)10(16)17/h7H,3-4,11H2,1-2H3,(H,12,15)(H,13,14)(H,16,17)/t7-/m1/s1. The molecule has 7 nitrogen and oxygen atoms in total. The van der Waals surface area contributed by atoms with Crippen molar-refractivity contribution in [1.29, 1.82) is 0 Å². The molecule has 1 rings (SSSR count). The zero-order chi connectivity index (χ0) is 13.7. The molecule has 0 radical (unpaired) electrons. The van der Waals surface area contributed by atoms with Gasteiger partial charge in [-0.25, -0.2) is 0 Å². The number of rotatable bonds is 6. The molecule has 0 fully saturated rings. The van der Waals surface area contributed by atoms with Crippen molar-refractivity contribution in [3.05, 3.63) is 11.4 Å². The number of aromatic amines is 1. The van der Waals surface area contributed by atoms with E-state index in [4.69, 9.17) is 10.8 Å². The van der Waals surface area contributed by atoms with Crippen LogP contribution in [0.15, 0.2) is 0 Å². The highest BCUT2D eigenvalue weighted by Gasteiger charge is 2.13. The van der Waals surface area contributed by atoms with E-state index in [-0.39, 0.29) is 17.4 Å². The second kappa shape index (κ2) is 6.41. The average molecular weight is 272 g/mol. The van der Waals surface area contributed by atoms with Crippen LogP contribution >= 0.6 is 11.8 Å². The fourth-order valence-corrected chi connectivity index (χ4v) is 2.03. The fourth-order valence-electron chi connectivity index (χ4n) is 1.26. The van der Waals surface area contributed by atoms with E-state index in [9.17, 15) is 9.59 Å². The number of carboxylic acid groups (broad SMARTS) is 1. The Morgan fingerprint density at radius 2 is 2.22 bits per heavy atom. The summed E-state index contributed by atoms with van der Waals surface area (Å²) in [5.74, 6) is -0.911. The predicted molar refractivity (Wildman–Crippen MR) is 69.6 cm³/mol. The van der Waals surface area contributed by atoms with Crippen molar-refractivity contribution in [2.45, 2.75) is 19.9 Å². The monoisotopic (exact) mass is 272 g/mol. The molecule has 0 aliphatic rings. The number of carbonyl (C=O) groups excluding carboxylic acids is 1. The van der Waals surface area contributed by atoms with Gasteiger partial charge in [-0.15, -0.1) is 11.8 Å². The molecule has 0 aliphatic heterocycles. The van der Waals surface area contributed by atoms with Crippen molar-refractivity contribution in [3.8, 4) is 0 Å². The highest BCUT2D eigenvalue weighted by atomic mass is 32.2. The van der Waals surface area contributed by atoms with Crippen LogP contribution in [0.1, 0.15) is 11.4 Å². The third-order valence-electron chi connectivity index (χ3n) is 2.24. The van der Waals surface area contributed by atoms with Gasteiger partial charge in [0.25, 0.3) is 0 Å². The van der Waals surface area contributed by atoms with Gasteiger partial charge in [0.05, 0.1) is 22.8 Å². The molecule has 5 N–H and O–H groups in total. The smallest absolute Gasteiger partial charge is 0.321 e. The Morgan fingerprint density at radius 1 is 1.56 bits per heavy atom. The Kier molecular flexibility index (Phi) is 5.17. The minimum absolute atomic E-state index is 0.158. The number of aromatic nitrogens is 2. The van der Waals surface area contributed by atoms with Crippen molar-refractivity contribution in [2.24, 2.45) is 5.73 Å². The number of hydrogen-bond donors (Lipinski definition) is 4. The molecule has 1 amide bonds. The van der Waals surface area contributed by atoms with E-state index in [0.717, 1.165) is 5.69 Å². The maximum Gasteiger partial charge on any atom is 0.321 e. The molecule has 0 saturated carbocycles. The molecule has 18 heavy (non-hydrogen) atoms. The Labute approximate surface area is 109 Å². The lowest BCUT2D eigenvalue weighted by molar-refractivity contribution is -0.137. The average Bonchev–Trinajstić information content (AvgIpc) is 2.60. The van der Waals surface area contributed by atoms with Crippen LogP contribution < -0.4 is 11.1 Å². The highest BCUT2D eigenvalue weighted by Crippen LogP contribution is 2.16. The van der Waals surface area contributed by atoms with E-state index < -0.39 is 12.0 Å². The fraction of sp³-hybridized carbons (Fsp3) is 0.500. The number of aryl methyl sites for hydroxylation is 2. The molecule has 1 atom stereocenters. The summed E-state index contributed by atoms with van der Waals surface area (Å²) >= 11 is 1.18. The molecule has 0 bridgehead atoms. The van der Waals surface area contributed by atoms with Crippen molar-refractivity contribution in [3.63, 3.8) is 0 Å². The largest absolute Gasteiger partial charge is 0.480 e. The Hall–Kier alpha value is -1.54. The summed E-state index contributed by atoms with van der Waals surface area (Å²) in [5, 5.41) is 18.0. The molecule has 0 saturated heterocycles. The van der Waals surface area contributed by atoms with Gasteiger partial charge in [0, 0.05) is 5.75 Å². The number of nitrogens with zero attached hydrogens (tertiary/aromatic N) is 1. The van der Waals surface area contributed by atoms with Crippen LogP contribution in [0.25, 0.3) is 0 Å². The minimum atomic E-state index is -1.07. The molecule has 1 aromatic heterocycles. The van der Waals surface area contributed by atoms with E-state index in [2.05, 4.69) is 15.5 Å². The van der Waals surface area contributed by atoms with Crippen LogP contribution in [0.4, 0.5) is 5.69 Å². The molecular weight excluding hydrogens is 256 g/mol. The lowest BCUT2D eigenvalue weighted by Gasteiger charge is -2.07. The first kappa shape index (κ1) is 14.5. The van der Waals surface area contributed by atoms with Gasteiger partial charge in [-0.3, -0.25) is 14.7 Å². The summed E-state index contributed by atoms with van der Waals surface area (Å²) in [5.41, 5.74) is 7.49. The third kappa shape index (κ3) is 4.04. The van der Waals surface area contributed by atoms with E-state index in [1.165, 1.54) is 11.8 Å². The second-order valence-corrected chi connectivity index (χ2v) is 4.85. The molecule has 0 aromatic carbocycles. The maximum atomic E-state index is 11.6. The SMILES string of the molecule is Cc1n[nH]c(C)c1NC(=O)CSC[C@@H](N)C(=O)O. The number of carbonyl (C=O) groups is 2. The van der Waals surface area contributed by atoms with Gasteiger partial charge in [0.15, 0.2) is 0 Å². The van der Waals surface area contributed by atoms with E-state index >= 15 is 0 Å². The van der Waals surface area contributed by atoms with Gasteiger partial charge in [-0.05, 0) is 13.8 Å². The summed E-state index contributed by atoms with van der Waals surface area (Å²) in [7, 11) is 0. The van der Waals surface area contributed by atoms with Crippen molar-refractivity contribution < 1.29 is 14.7 Å². The number of aliphatic carboxylic acids is 1. The topological polar surface area (TPSA) is 121 Å². The van der Waals surface area contributed by atoms with Gasteiger partial charge in [-0.1, -0.05) is 0 Å². The highest BCUT2D eigenvalue weighted by molar-refractivity contribution is 8.00. The summed E-state index contributed by atoms with van der Waals surface area (Å²) in [6.07, 6.45) is 0. The van der Waals surface area contributed by atoms with E-state index in [1.807, 2.05) is 6.92 Å². The lowest BCUT2D eigenvalue weighted by Crippen LogP contribution is -2.33. The third-order valence-corrected chi connectivity index (χ3v) is 3.30. The van der Waals surface area contributed by atoms with Crippen LogP contribution in [0.2, 0.25) is 0 Å². The van der Waals surface area contributed by atoms with Crippen molar-refractivity contribution in [2.75, 3.05) is 16.8 Å². The van der Waals surface area contributed by atoms with E-state index in [0.29, 0.717) is 11.4 Å². The first-order chi connectivity index (χ1) is 8.41. The van der Waals surface area contributed by atoms with Crippen LogP contribution in [-0.4, -0.2) is 44.7 Å². The summed E-state index contributed by atoms with van der Waals surface area (Å²) < 4.78 is 0. The van der Waals surface area contributed by atoms with Crippen LogP contribution in [0.3, 0.4) is 0 Å². The minimum Gasteiger partial charge on any atom is -0.480 e. The normalized spacial score (nSPS) is 12.2. The van der Waals surface area contributed by atoms with Gasteiger partial charge < -0.3 is 16.2 Å². The molecule has 1 heterocycles. The number of H-pyrrole nitrogens is 1. The van der Waals surface area contributed by atoms with Gasteiger partial charge in [-0.2, -0.15) is 5.10 Å². The molecule has 8 heteroatoms. The Bertz CT molecular complexity index is 427. The summed E-state index contributed by atoms with van der Waals surface area (Å²) in [4.78, 5) is 22.1. The molecule has 1 aromatic rings. The molecule has 0 unspecified atom stereocenters. The molecule has 100 valence electrons. The van der Waals surface area contributed by atoms with Gasteiger partial charge in [0.2, 0.25) is 5.91 Å². The summed E-state index contributed by atoms with van der Waals surface area (Å²) in [6.45, 7) is 3.59. The van der Waals surface area contributed by atoms with Crippen LogP contribution in [0.5, 0.6) is 0 Å². The number of carboxylic acids is 1. The molecule has 0 spiro atoms. The van der Waals surface area contributed by atoms with Crippen molar-refractivity contribution in [1.82, 2.24) is 10.2 Å². The lowest BCUT2D eigenvalue weighted by atomic mass is 10.3. The van der Waals surface area contributed by atoms with Gasteiger partial charge >= 0.3 is 5.97 Å². The van der Waals surface area contributed by atoms with Crippen LogP contribution in [0, 0.1) is 13.8 Å². The van der Waals surface area contributed by atoms with Gasteiger partial charge in [0.1, 0.15) is 6.04 Å². The number of anilines is 1. The number of nitrogens with two attached hydrogens (primary N) is 1. The second-order valence-electron chi connectivity index (χ2n) is 3.82. The van der Waals surface area contributed by atoms with Crippen LogP contribution in [-0.2, 0) is 9.59 Å². The Morgan fingerprint density at radius 3 is 2.72 bits per heavy atom.